The Bertz CT molecular complexity index is 1230. The van der Waals surface area contributed by atoms with Crippen LogP contribution in [0.15, 0.2) is 65.2 Å². The smallest absolute Gasteiger partial charge is 0.259 e. The molecule has 0 aliphatic carbocycles. The largest absolute Gasteiger partial charge is 0.509 e. The number of likely N-dealkylation sites (tertiary alicyclic amines) is 1. The number of hydrogen-bond donors (Lipinski definition) is 2. The highest BCUT2D eigenvalue weighted by Gasteiger charge is 2.26. The second-order valence-electron chi connectivity index (χ2n) is 7.65. The van der Waals surface area contributed by atoms with Crippen LogP contribution < -0.4 is 5.56 Å². The molecular formula is C24H22N4O3. The molecule has 156 valence electrons. The number of fused-ring (bicyclic) bond motifs is 1. The van der Waals surface area contributed by atoms with Crippen LogP contribution in [0.3, 0.4) is 0 Å². The number of H-pyrrole nitrogens is 1. The highest BCUT2D eigenvalue weighted by Crippen LogP contribution is 2.23. The van der Waals surface area contributed by atoms with Gasteiger partial charge in [-0.05, 0) is 38.1 Å². The maximum atomic E-state index is 12.6. The fourth-order valence-electron chi connectivity index (χ4n) is 3.94. The van der Waals surface area contributed by atoms with Crippen molar-refractivity contribution in [2.24, 2.45) is 5.92 Å². The third-order valence-electron chi connectivity index (χ3n) is 5.64. The van der Waals surface area contributed by atoms with E-state index in [0.717, 1.165) is 5.56 Å². The molecule has 0 bridgehead atoms. The number of aromatic nitrogens is 2. The molecule has 0 saturated carbocycles. The average Bonchev–Trinajstić information content (AvgIpc) is 2.80. The van der Waals surface area contributed by atoms with Crippen LogP contribution in [0.4, 0.5) is 0 Å². The molecule has 1 fully saturated rings. The number of aromatic amines is 1. The van der Waals surface area contributed by atoms with Crippen LogP contribution in [0.25, 0.3) is 16.5 Å². The van der Waals surface area contributed by atoms with Gasteiger partial charge in [0.1, 0.15) is 17.4 Å². The first kappa shape index (κ1) is 20.5. The van der Waals surface area contributed by atoms with Gasteiger partial charge >= 0.3 is 0 Å². The minimum absolute atomic E-state index is 0.0429. The molecule has 1 saturated heterocycles. The lowest BCUT2D eigenvalue weighted by Crippen LogP contribution is -2.37. The molecule has 0 radical (unpaired) electrons. The molecule has 0 atom stereocenters. The van der Waals surface area contributed by atoms with E-state index < -0.39 is 0 Å². The molecule has 31 heavy (non-hydrogen) atoms. The molecule has 3 aromatic rings. The van der Waals surface area contributed by atoms with Crippen molar-refractivity contribution in [2.45, 2.75) is 12.8 Å². The predicted octanol–water partition coefficient (Wildman–Crippen LogP) is 3.31. The summed E-state index contributed by atoms with van der Waals surface area (Å²) in [5, 5.41) is 20.6. The fourth-order valence-corrected chi connectivity index (χ4v) is 3.94. The Morgan fingerprint density at radius 2 is 1.81 bits per heavy atom. The van der Waals surface area contributed by atoms with Gasteiger partial charge in [-0.1, -0.05) is 42.5 Å². The lowest BCUT2D eigenvalue weighted by atomic mass is 9.89. The Morgan fingerprint density at radius 1 is 1.13 bits per heavy atom. The first-order chi connectivity index (χ1) is 15.1. The second kappa shape index (κ2) is 8.94. The maximum Gasteiger partial charge on any atom is 0.259 e. The topological polar surface area (TPSA) is 110 Å². The van der Waals surface area contributed by atoms with Gasteiger partial charge in [0.2, 0.25) is 0 Å². The lowest BCUT2D eigenvalue weighted by Gasteiger charge is -2.31. The number of carbonyl (C=O) groups is 1. The molecule has 0 amide bonds. The Labute approximate surface area is 179 Å². The Balaban J connectivity index is 1.47. The number of para-hydroxylation sites is 1. The molecular weight excluding hydrogens is 392 g/mol. The Morgan fingerprint density at radius 3 is 2.52 bits per heavy atom. The van der Waals surface area contributed by atoms with Crippen molar-refractivity contribution >= 4 is 22.3 Å². The number of Topliss-reactive ketones (excluding diaryl/α,β-unsaturated/α-hetero) is 1. The molecule has 2 N–H and O–H groups in total. The van der Waals surface area contributed by atoms with Crippen molar-refractivity contribution in [1.29, 1.82) is 5.26 Å². The van der Waals surface area contributed by atoms with E-state index >= 15 is 0 Å². The van der Waals surface area contributed by atoms with E-state index in [1.54, 1.807) is 24.3 Å². The van der Waals surface area contributed by atoms with Gasteiger partial charge < -0.3 is 10.1 Å². The number of aliphatic hydroxyl groups excluding tert-OH is 1. The molecule has 1 aromatic heterocycles. The van der Waals surface area contributed by atoms with E-state index in [1.165, 1.54) is 0 Å². The van der Waals surface area contributed by atoms with E-state index in [9.17, 15) is 20.0 Å². The maximum absolute atomic E-state index is 12.6. The van der Waals surface area contributed by atoms with Gasteiger partial charge in [0, 0.05) is 11.5 Å². The summed E-state index contributed by atoms with van der Waals surface area (Å²) in [7, 11) is 0. The predicted molar refractivity (Wildman–Crippen MR) is 117 cm³/mol. The monoisotopic (exact) mass is 414 g/mol. The molecule has 2 heterocycles. The third-order valence-corrected chi connectivity index (χ3v) is 5.64. The van der Waals surface area contributed by atoms with E-state index in [4.69, 9.17) is 0 Å². The summed E-state index contributed by atoms with van der Waals surface area (Å²) in [4.78, 5) is 33.9. The Kier molecular flexibility index (Phi) is 5.92. The number of benzene rings is 2. The SMILES string of the molecule is N#C/C(=C(/O)CN1CCC(C(=O)c2ccccc2)CC1)c1nc2ccccc2c(=O)[nH]1. The summed E-state index contributed by atoms with van der Waals surface area (Å²) < 4.78 is 0. The zero-order valence-electron chi connectivity index (χ0n) is 16.9. The van der Waals surface area contributed by atoms with Crippen molar-refractivity contribution in [3.63, 3.8) is 0 Å². The number of nitrogens with one attached hydrogen (secondary N) is 1. The van der Waals surface area contributed by atoms with E-state index in [1.807, 2.05) is 41.3 Å². The zero-order valence-corrected chi connectivity index (χ0v) is 16.9. The molecule has 7 nitrogen and oxygen atoms in total. The number of rotatable bonds is 5. The summed E-state index contributed by atoms with van der Waals surface area (Å²) in [5.41, 5.74) is 0.774. The average molecular weight is 414 g/mol. The van der Waals surface area contributed by atoms with Gasteiger partial charge in [-0.3, -0.25) is 14.5 Å². The molecule has 7 heteroatoms. The van der Waals surface area contributed by atoms with Crippen LogP contribution in [0.2, 0.25) is 0 Å². The van der Waals surface area contributed by atoms with E-state index in [2.05, 4.69) is 9.97 Å². The first-order valence-electron chi connectivity index (χ1n) is 10.2. The van der Waals surface area contributed by atoms with Crippen LogP contribution in [0.5, 0.6) is 0 Å². The van der Waals surface area contributed by atoms with Crippen LogP contribution in [0, 0.1) is 17.2 Å². The van der Waals surface area contributed by atoms with Gasteiger partial charge in [-0.2, -0.15) is 5.26 Å². The van der Waals surface area contributed by atoms with Crippen LogP contribution in [-0.2, 0) is 0 Å². The van der Waals surface area contributed by atoms with E-state index in [-0.39, 0.29) is 41.0 Å². The first-order valence-corrected chi connectivity index (χ1v) is 10.2. The van der Waals surface area contributed by atoms with Crippen molar-refractivity contribution in [3.05, 3.63) is 82.1 Å². The molecule has 0 unspecified atom stereocenters. The van der Waals surface area contributed by atoms with Gasteiger partial charge in [-0.15, -0.1) is 0 Å². The lowest BCUT2D eigenvalue weighted by molar-refractivity contribution is 0.0840. The molecule has 4 rings (SSSR count). The highest BCUT2D eigenvalue weighted by molar-refractivity contribution is 5.97. The third kappa shape index (κ3) is 4.39. The number of aliphatic hydroxyl groups is 1. The van der Waals surface area contributed by atoms with Gasteiger partial charge in [-0.25, -0.2) is 4.98 Å². The molecule has 2 aromatic carbocycles. The van der Waals surface area contributed by atoms with Gasteiger partial charge in [0.05, 0.1) is 17.4 Å². The highest BCUT2D eigenvalue weighted by atomic mass is 16.3. The number of hydrogen-bond acceptors (Lipinski definition) is 6. The number of ketones is 1. The van der Waals surface area contributed by atoms with Gasteiger partial charge in [0.25, 0.3) is 5.56 Å². The minimum Gasteiger partial charge on any atom is -0.509 e. The van der Waals surface area contributed by atoms with Crippen molar-refractivity contribution in [3.8, 4) is 6.07 Å². The summed E-state index contributed by atoms with van der Waals surface area (Å²) in [6, 6.07) is 18.1. The van der Waals surface area contributed by atoms with Crippen molar-refractivity contribution < 1.29 is 9.90 Å². The van der Waals surface area contributed by atoms with Crippen LogP contribution in [0.1, 0.15) is 29.0 Å². The second-order valence-corrected chi connectivity index (χ2v) is 7.65. The van der Waals surface area contributed by atoms with Crippen LogP contribution >= 0.6 is 0 Å². The number of nitriles is 1. The Hall–Kier alpha value is -3.76. The fraction of sp³-hybridized carbons (Fsp3) is 0.250. The summed E-state index contributed by atoms with van der Waals surface area (Å²) in [5.74, 6) is 0.0148. The zero-order chi connectivity index (χ0) is 21.8. The van der Waals surface area contributed by atoms with Crippen molar-refractivity contribution in [1.82, 2.24) is 14.9 Å². The van der Waals surface area contributed by atoms with Crippen molar-refractivity contribution in [2.75, 3.05) is 19.6 Å². The molecule has 1 aliphatic heterocycles. The number of carbonyl (C=O) groups excluding carboxylic acids is 1. The number of allylic oxidation sites excluding steroid dienone is 1. The van der Waals surface area contributed by atoms with Crippen LogP contribution in [-0.4, -0.2) is 45.4 Å². The normalized spacial score (nSPS) is 16.0. The summed E-state index contributed by atoms with van der Waals surface area (Å²) in [6.45, 7) is 1.42. The van der Waals surface area contributed by atoms with E-state index in [0.29, 0.717) is 36.8 Å². The molecule has 1 aliphatic rings. The standard InChI is InChI=1S/C24H22N4O3/c25-14-19(23-26-20-9-5-4-8-18(20)24(31)27-23)21(29)15-28-12-10-17(11-13-28)22(30)16-6-2-1-3-7-16/h1-9,17,29H,10-13,15H2,(H,26,27,31)/b21-19-. The molecule has 0 spiro atoms. The summed E-state index contributed by atoms with van der Waals surface area (Å²) >= 11 is 0. The number of piperidine rings is 1. The quantitative estimate of drug-likeness (QED) is 0.377. The number of nitrogens with zero attached hydrogens (tertiary/aromatic N) is 3. The van der Waals surface area contributed by atoms with Gasteiger partial charge in [0.15, 0.2) is 11.6 Å². The minimum atomic E-state index is -0.360. The summed E-state index contributed by atoms with van der Waals surface area (Å²) in [6.07, 6.45) is 1.38.